The fraction of sp³-hybridized carbons (Fsp3) is 0.389. The molecule has 0 aliphatic carbocycles. The Morgan fingerprint density at radius 1 is 1.31 bits per heavy atom. The highest BCUT2D eigenvalue weighted by Crippen LogP contribution is 2.18. The maximum Gasteiger partial charge on any atom is 0.261 e. The molecule has 1 aliphatic heterocycles. The molecule has 1 aliphatic rings. The van der Waals surface area contributed by atoms with E-state index in [0.717, 1.165) is 35.7 Å². The van der Waals surface area contributed by atoms with Crippen LogP contribution in [0.5, 0.6) is 0 Å². The van der Waals surface area contributed by atoms with Gasteiger partial charge in [0.05, 0.1) is 17.1 Å². The summed E-state index contributed by atoms with van der Waals surface area (Å²) in [6.07, 6.45) is 3.24. The first kappa shape index (κ1) is 18.8. The minimum absolute atomic E-state index is 0.00878. The highest BCUT2D eigenvalue weighted by Gasteiger charge is 2.23. The topological polar surface area (TPSA) is 74.3 Å². The molecule has 6 nitrogen and oxygen atoms in total. The van der Waals surface area contributed by atoms with Gasteiger partial charge in [-0.25, -0.2) is 4.98 Å². The van der Waals surface area contributed by atoms with Crippen LogP contribution in [-0.4, -0.2) is 47.4 Å². The average Bonchev–Trinajstić information content (AvgIpc) is 3.05. The van der Waals surface area contributed by atoms with E-state index in [0.29, 0.717) is 12.2 Å². The zero-order valence-corrected chi connectivity index (χ0v) is 16.1. The smallest absolute Gasteiger partial charge is 0.261 e. The van der Waals surface area contributed by atoms with Gasteiger partial charge in [-0.05, 0) is 44.0 Å². The molecule has 138 valence electrons. The van der Waals surface area contributed by atoms with Crippen LogP contribution in [0.15, 0.2) is 30.5 Å². The van der Waals surface area contributed by atoms with Crippen LogP contribution in [0.2, 0.25) is 5.15 Å². The van der Waals surface area contributed by atoms with Gasteiger partial charge in [-0.1, -0.05) is 11.6 Å². The molecular weight excluding hydrogens is 372 g/mol. The van der Waals surface area contributed by atoms with E-state index in [-0.39, 0.29) is 23.0 Å². The third-order valence-corrected chi connectivity index (χ3v) is 5.59. The number of likely N-dealkylation sites (tertiary alicyclic amines) is 1. The van der Waals surface area contributed by atoms with E-state index in [2.05, 4.69) is 20.5 Å². The Labute approximate surface area is 161 Å². The number of anilines is 1. The lowest BCUT2D eigenvalue weighted by atomic mass is 10.0. The van der Waals surface area contributed by atoms with Gasteiger partial charge in [-0.15, -0.1) is 11.3 Å². The highest BCUT2D eigenvalue weighted by molar-refractivity contribution is 7.13. The first-order chi connectivity index (χ1) is 12.5. The molecule has 0 radical (unpaired) electrons. The van der Waals surface area contributed by atoms with Crippen molar-refractivity contribution in [3.05, 3.63) is 45.4 Å². The number of aromatic nitrogens is 1. The number of carbonyl (C=O) groups is 2. The monoisotopic (exact) mass is 392 g/mol. The van der Waals surface area contributed by atoms with Crippen molar-refractivity contribution >= 4 is 40.4 Å². The molecular formula is C18H21ClN4O2S. The summed E-state index contributed by atoms with van der Waals surface area (Å²) in [7, 11) is 0. The quantitative estimate of drug-likeness (QED) is 0.767. The number of pyridine rings is 1. The number of thiophene rings is 1. The molecule has 0 atom stereocenters. The molecule has 2 amide bonds. The van der Waals surface area contributed by atoms with Gasteiger partial charge in [-0.3, -0.25) is 14.5 Å². The summed E-state index contributed by atoms with van der Waals surface area (Å²) in [6.45, 7) is 3.82. The average molecular weight is 393 g/mol. The first-order valence-electron chi connectivity index (χ1n) is 8.51. The van der Waals surface area contributed by atoms with Gasteiger partial charge in [0.25, 0.3) is 5.91 Å². The van der Waals surface area contributed by atoms with Crippen LogP contribution in [0.25, 0.3) is 0 Å². The summed E-state index contributed by atoms with van der Waals surface area (Å²) in [4.78, 5) is 32.3. The number of aryl methyl sites for hydroxylation is 1. The second-order valence-corrected chi connectivity index (χ2v) is 7.97. The van der Waals surface area contributed by atoms with E-state index < -0.39 is 0 Å². The van der Waals surface area contributed by atoms with Crippen LogP contribution in [0.4, 0.5) is 5.69 Å². The second-order valence-electron chi connectivity index (χ2n) is 6.32. The fourth-order valence-corrected chi connectivity index (χ4v) is 3.86. The van der Waals surface area contributed by atoms with E-state index in [9.17, 15) is 9.59 Å². The van der Waals surface area contributed by atoms with Crippen LogP contribution in [0, 0.1) is 6.92 Å². The van der Waals surface area contributed by atoms with Crippen molar-refractivity contribution in [1.82, 2.24) is 15.2 Å². The number of piperidine rings is 1. The summed E-state index contributed by atoms with van der Waals surface area (Å²) >= 11 is 7.46. The normalized spacial score (nSPS) is 15.6. The van der Waals surface area contributed by atoms with Crippen molar-refractivity contribution in [2.45, 2.75) is 25.8 Å². The summed E-state index contributed by atoms with van der Waals surface area (Å²) in [6, 6.07) is 7.41. The number of hydrogen-bond donors (Lipinski definition) is 2. The van der Waals surface area contributed by atoms with E-state index in [1.807, 2.05) is 19.1 Å². The molecule has 0 spiro atoms. The molecule has 26 heavy (non-hydrogen) atoms. The van der Waals surface area contributed by atoms with E-state index in [1.54, 1.807) is 18.3 Å². The largest absolute Gasteiger partial charge is 0.349 e. The molecule has 0 bridgehead atoms. The van der Waals surface area contributed by atoms with E-state index >= 15 is 0 Å². The van der Waals surface area contributed by atoms with Gasteiger partial charge < -0.3 is 10.6 Å². The summed E-state index contributed by atoms with van der Waals surface area (Å²) in [5.74, 6) is -0.123. The number of nitrogens with zero attached hydrogens (tertiary/aromatic N) is 2. The number of nitrogens with one attached hydrogen (secondary N) is 2. The Morgan fingerprint density at radius 3 is 2.73 bits per heavy atom. The van der Waals surface area contributed by atoms with Crippen molar-refractivity contribution in [3.63, 3.8) is 0 Å². The predicted octanol–water partition coefficient (Wildman–Crippen LogP) is 2.94. The number of halogens is 1. The Morgan fingerprint density at radius 2 is 2.08 bits per heavy atom. The molecule has 2 aromatic rings. The predicted molar refractivity (Wildman–Crippen MR) is 104 cm³/mol. The lowest BCUT2D eigenvalue weighted by molar-refractivity contribution is -0.117. The summed E-state index contributed by atoms with van der Waals surface area (Å²) in [5, 5.41) is 6.15. The number of hydrogen-bond acceptors (Lipinski definition) is 5. The molecule has 0 aromatic carbocycles. The van der Waals surface area contributed by atoms with E-state index in [4.69, 9.17) is 11.6 Å². The van der Waals surface area contributed by atoms with Crippen LogP contribution in [-0.2, 0) is 4.79 Å². The van der Waals surface area contributed by atoms with Crippen molar-refractivity contribution in [2.75, 3.05) is 25.0 Å². The van der Waals surface area contributed by atoms with Gasteiger partial charge in [-0.2, -0.15) is 0 Å². The Balaban J connectivity index is 1.43. The highest BCUT2D eigenvalue weighted by atomic mass is 35.5. The Hall–Kier alpha value is -1.96. The molecule has 3 rings (SSSR count). The summed E-state index contributed by atoms with van der Waals surface area (Å²) in [5.41, 5.74) is 0.521. The molecule has 8 heteroatoms. The van der Waals surface area contributed by atoms with Crippen molar-refractivity contribution < 1.29 is 9.59 Å². The fourth-order valence-electron chi connectivity index (χ4n) is 2.92. The standard InChI is InChI=1S/C18H21ClN4O2S/c1-12-4-5-15(26-12)18(25)21-13-6-9-23(10-7-13)11-16(24)22-14-3-2-8-20-17(14)19/h2-5,8,13H,6-7,9-11H2,1H3,(H,21,25)(H,22,24). The number of amides is 2. The Kier molecular flexibility index (Phi) is 6.24. The molecule has 1 saturated heterocycles. The second kappa shape index (κ2) is 8.62. The number of rotatable bonds is 5. The third-order valence-electron chi connectivity index (χ3n) is 4.29. The van der Waals surface area contributed by atoms with Crippen LogP contribution in [0.3, 0.4) is 0 Å². The molecule has 1 fully saturated rings. The molecule has 2 N–H and O–H groups in total. The van der Waals surface area contributed by atoms with Crippen molar-refractivity contribution in [3.8, 4) is 0 Å². The zero-order valence-electron chi connectivity index (χ0n) is 14.5. The Bertz CT molecular complexity index is 787. The van der Waals surface area contributed by atoms with Crippen molar-refractivity contribution in [2.24, 2.45) is 0 Å². The minimum atomic E-state index is -0.114. The molecule has 0 saturated carbocycles. The SMILES string of the molecule is Cc1ccc(C(=O)NC2CCN(CC(=O)Nc3cccnc3Cl)CC2)s1. The summed E-state index contributed by atoms with van der Waals surface area (Å²) < 4.78 is 0. The molecule has 3 heterocycles. The van der Waals surface area contributed by atoms with Gasteiger partial charge in [0.2, 0.25) is 5.91 Å². The van der Waals surface area contributed by atoms with Gasteiger partial charge >= 0.3 is 0 Å². The van der Waals surface area contributed by atoms with Gasteiger partial charge in [0, 0.05) is 30.2 Å². The number of carbonyl (C=O) groups excluding carboxylic acids is 2. The van der Waals surface area contributed by atoms with Crippen LogP contribution in [0.1, 0.15) is 27.4 Å². The van der Waals surface area contributed by atoms with Crippen molar-refractivity contribution in [1.29, 1.82) is 0 Å². The lowest BCUT2D eigenvalue weighted by Crippen LogP contribution is -2.46. The minimum Gasteiger partial charge on any atom is -0.349 e. The maximum absolute atomic E-state index is 12.2. The third kappa shape index (κ3) is 5.03. The van der Waals surface area contributed by atoms with Crippen LogP contribution < -0.4 is 10.6 Å². The molecule has 0 unspecified atom stereocenters. The lowest BCUT2D eigenvalue weighted by Gasteiger charge is -2.31. The first-order valence-corrected chi connectivity index (χ1v) is 9.71. The van der Waals surface area contributed by atoms with Crippen LogP contribution >= 0.6 is 22.9 Å². The van der Waals surface area contributed by atoms with Gasteiger partial charge in [0.1, 0.15) is 0 Å². The molecule has 2 aromatic heterocycles. The zero-order chi connectivity index (χ0) is 18.5. The van der Waals surface area contributed by atoms with E-state index in [1.165, 1.54) is 11.3 Å². The van der Waals surface area contributed by atoms with Gasteiger partial charge in [0.15, 0.2) is 5.15 Å². The maximum atomic E-state index is 12.2.